The first-order valence-electron chi connectivity index (χ1n) is 9.48. The van der Waals surface area contributed by atoms with Crippen molar-refractivity contribution in [1.82, 2.24) is 35.3 Å². The van der Waals surface area contributed by atoms with E-state index in [1.54, 1.807) is 29.2 Å². The second kappa shape index (κ2) is 9.71. The van der Waals surface area contributed by atoms with E-state index in [0.717, 1.165) is 11.3 Å². The lowest BCUT2D eigenvalue weighted by Gasteiger charge is -2.19. The van der Waals surface area contributed by atoms with Gasteiger partial charge in [-0.3, -0.25) is 4.79 Å². The van der Waals surface area contributed by atoms with Gasteiger partial charge in [-0.15, -0.1) is 26.6 Å². The van der Waals surface area contributed by atoms with Crippen LogP contribution < -0.4 is 0 Å². The minimum atomic E-state index is -0.0806. The van der Waals surface area contributed by atoms with Crippen molar-refractivity contribution in [3.63, 3.8) is 0 Å². The molecule has 0 atom stereocenters. The first-order valence-corrected chi connectivity index (χ1v) is 11.3. The van der Waals surface area contributed by atoms with Gasteiger partial charge in [-0.2, -0.15) is 4.68 Å². The Kier molecular flexibility index (Phi) is 6.57. The van der Waals surface area contributed by atoms with E-state index < -0.39 is 0 Å². The summed E-state index contributed by atoms with van der Waals surface area (Å²) in [6.45, 7) is 2.82. The minimum Gasteiger partial charge on any atom is -0.508 e. The molecule has 1 amide bonds. The lowest BCUT2D eigenvalue weighted by atomic mass is 10.3. The minimum absolute atomic E-state index is 0.0806. The van der Waals surface area contributed by atoms with Crippen LogP contribution in [0.15, 0.2) is 51.4 Å². The van der Waals surface area contributed by atoms with Gasteiger partial charge in [0, 0.05) is 6.54 Å². The molecule has 4 aromatic rings. The topological polar surface area (TPSA) is 123 Å². The Bertz CT molecular complexity index is 1130. The summed E-state index contributed by atoms with van der Waals surface area (Å²) < 4.78 is 7.24. The van der Waals surface area contributed by atoms with Crippen LogP contribution in [0, 0.1) is 0 Å². The van der Waals surface area contributed by atoms with Crippen LogP contribution in [0.2, 0.25) is 0 Å². The molecule has 1 N–H and O–H groups in total. The Morgan fingerprint density at radius 2 is 2.06 bits per heavy atom. The van der Waals surface area contributed by atoms with Crippen molar-refractivity contribution in [3.8, 4) is 22.2 Å². The van der Waals surface area contributed by atoms with Crippen LogP contribution >= 0.6 is 23.1 Å². The van der Waals surface area contributed by atoms with E-state index in [1.807, 2.05) is 24.4 Å². The number of aromatic nitrogens is 6. The summed E-state index contributed by atoms with van der Waals surface area (Å²) in [4.78, 5) is 15.4. The highest BCUT2D eigenvalue weighted by molar-refractivity contribution is 7.99. The van der Waals surface area contributed by atoms with Crippen LogP contribution in [0.5, 0.6) is 5.75 Å². The van der Waals surface area contributed by atoms with E-state index in [0.29, 0.717) is 29.2 Å². The smallest absolute Gasteiger partial charge is 0.257 e. The molecule has 0 spiro atoms. The van der Waals surface area contributed by atoms with Crippen molar-refractivity contribution in [2.75, 3.05) is 12.3 Å². The summed E-state index contributed by atoms with van der Waals surface area (Å²) in [6, 6.07) is 10.3. The van der Waals surface area contributed by atoms with Crippen LogP contribution in [0.4, 0.5) is 0 Å². The van der Waals surface area contributed by atoms with Crippen LogP contribution in [0.25, 0.3) is 16.5 Å². The SMILES string of the molecule is CCCN(Cc1nnc(-c2cccs2)o1)C(=O)CSc1nnnn1-c1ccc(O)cc1. The van der Waals surface area contributed by atoms with Crippen molar-refractivity contribution < 1.29 is 14.3 Å². The molecule has 0 fully saturated rings. The Morgan fingerprint density at radius 3 is 2.81 bits per heavy atom. The van der Waals surface area contributed by atoms with Gasteiger partial charge < -0.3 is 14.4 Å². The number of aromatic hydroxyl groups is 1. The van der Waals surface area contributed by atoms with Gasteiger partial charge in [-0.25, -0.2) is 0 Å². The fourth-order valence-corrected chi connectivity index (χ4v) is 4.22. The average Bonchev–Trinajstić information content (AvgIpc) is 3.53. The predicted octanol–water partition coefficient (Wildman–Crippen LogP) is 3.01. The third-order valence-electron chi connectivity index (χ3n) is 4.23. The lowest BCUT2D eigenvalue weighted by Crippen LogP contribution is -2.32. The van der Waals surface area contributed by atoms with Crippen molar-refractivity contribution in [2.45, 2.75) is 25.0 Å². The number of thioether (sulfide) groups is 1. The molecular formula is C19H19N7O3S2. The second-order valence-electron chi connectivity index (χ2n) is 6.47. The third kappa shape index (κ3) is 5.09. The van der Waals surface area contributed by atoms with Gasteiger partial charge in [0.1, 0.15) is 5.75 Å². The Labute approximate surface area is 185 Å². The molecule has 0 saturated carbocycles. The van der Waals surface area contributed by atoms with Gasteiger partial charge in [0.2, 0.25) is 17.0 Å². The highest BCUT2D eigenvalue weighted by Gasteiger charge is 2.19. The number of tetrazole rings is 1. The monoisotopic (exact) mass is 457 g/mol. The molecule has 31 heavy (non-hydrogen) atoms. The molecule has 3 aromatic heterocycles. The standard InChI is InChI=1S/C19H19N7O3S2/c1-2-9-25(11-16-20-21-18(29-16)15-4-3-10-30-15)17(28)12-31-19-22-23-24-26(19)13-5-7-14(27)8-6-13/h3-8,10,27H,2,9,11-12H2,1H3. The summed E-state index contributed by atoms with van der Waals surface area (Å²) in [5, 5.41) is 31.7. The first-order chi connectivity index (χ1) is 15.1. The fraction of sp³-hybridized carbons (Fsp3) is 0.263. The summed E-state index contributed by atoms with van der Waals surface area (Å²) in [5.41, 5.74) is 0.690. The first kappa shape index (κ1) is 21.0. The maximum atomic E-state index is 12.9. The summed E-state index contributed by atoms with van der Waals surface area (Å²) >= 11 is 2.75. The van der Waals surface area contributed by atoms with Crippen LogP contribution in [0.1, 0.15) is 19.2 Å². The van der Waals surface area contributed by atoms with Gasteiger partial charge in [-0.05, 0) is 52.6 Å². The number of carbonyl (C=O) groups excluding carboxylic acids is 1. The van der Waals surface area contributed by atoms with Crippen molar-refractivity contribution >= 4 is 29.0 Å². The Hall–Kier alpha value is -3.25. The van der Waals surface area contributed by atoms with Crippen LogP contribution in [-0.4, -0.2) is 58.6 Å². The normalized spacial score (nSPS) is 11.0. The van der Waals surface area contributed by atoms with Crippen molar-refractivity contribution in [1.29, 1.82) is 0 Å². The van der Waals surface area contributed by atoms with Crippen LogP contribution in [0.3, 0.4) is 0 Å². The predicted molar refractivity (Wildman–Crippen MR) is 115 cm³/mol. The zero-order valence-electron chi connectivity index (χ0n) is 16.6. The van der Waals surface area contributed by atoms with Crippen molar-refractivity contribution in [2.24, 2.45) is 0 Å². The Balaban J connectivity index is 1.41. The van der Waals surface area contributed by atoms with Gasteiger partial charge in [0.05, 0.1) is 22.9 Å². The third-order valence-corrected chi connectivity index (χ3v) is 5.99. The largest absolute Gasteiger partial charge is 0.508 e. The molecule has 0 bridgehead atoms. The van der Waals surface area contributed by atoms with E-state index in [-0.39, 0.29) is 24.0 Å². The van der Waals surface area contributed by atoms with Gasteiger partial charge in [-0.1, -0.05) is 24.8 Å². The number of phenols is 1. The number of benzene rings is 1. The molecule has 0 unspecified atom stereocenters. The number of phenolic OH excluding ortho intramolecular Hbond substituents is 1. The summed E-state index contributed by atoms with van der Waals surface area (Å²) in [6.07, 6.45) is 0.799. The van der Waals surface area contributed by atoms with Gasteiger partial charge >= 0.3 is 0 Å². The maximum absolute atomic E-state index is 12.9. The highest BCUT2D eigenvalue weighted by atomic mass is 32.2. The Morgan fingerprint density at radius 1 is 1.23 bits per heavy atom. The summed E-state index contributed by atoms with van der Waals surface area (Å²) in [5.74, 6) is 1.08. The molecule has 160 valence electrons. The van der Waals surface area contributed by atoms with E-state index in [2.05, 4.69) is 25.7 Å². The van der Waals surface area contributed by atoms with Crippen LogP contribution in [-0.2, 0) is 11.3 Å². The number of rotatable bonds is 9. The van der Waals surface area contributed by atoms with E-state index >= 15 is 0 Å². The van der Waals surface area contributed by atoms with Gasteiger partial charge in [0.25, 0.3) is 5.89 Å². The summed E-state index contributed by atoms with van der Waals surface area (Å²) in [7, 11) is 0. The lowest BCUT2D eigenvalue weighted by molar-refractivity contribution is -0.129. The molecule has 4 rings (SSSR count). The van der Waals surface area contributed by atoms with Gasteiger partial charge in [0.15, 0.2) is 0 Å². The average molecular weight is 458 g/mol. The number of hydrogen-bond donors (Lipinski definition) is 1. The molecule has 3 heterocycles. The molecule has 0 aliphatic rings. The molecular weight excluding hydrogens is 438 g/mol. The highest BCUT2D eigenvalue weighted by Crippen LogP contribution is 2.24. The number of amides is 1. The molecule has 12 heteroatoms. The molecule has 10 nitrogen and oxygen atoms in total. The molecule has 1 aromatic carbocycles. The number of thiophene rings is 1. The zero-order valence-corrected chi connectivity index (χ0v) is 18.2. The number of hydrogen-bond acceptors (Lipinski definition) is 10. The zero-order chi connectivity index (χ0) is 21.6. The van der Waals surface area contributed by atoms with E-state index in [1.165, 1.54) is 27.8 Å². The quantitative estimate of drug-likeness (QED) is 0.378. The molecule has 0 aliphatic carbocycles. The van der Waals surface area contributed by atoms with Crippen molar-refractivity contribution in [3.05, 3.63) is 47.7 Å². The fourth-order valence-electron chi connectivity index (χ4n) is 2.78. The molecule has 0 saturated heterocycles. The second-order valence-corrected chi connectivity index (χ2v) is 8.36. The number of carbonyl (C=O) groups is 1. The number of nitrogens with zero attached hydrogens (tertiary/aromatic N) is 7. The van der Waals surface area contributed by atoms with E-state index in [4.69, 9.17) is 4.42 Å². The molecule has 0 aliphatic heterocycles. The maximum Gasteiger partial charge on any atom is 0.257 e. The molecule has 0 radical (unpaired) electrons. The van der Waals surface area contributed by atoms with E-state index in [9.17, 15) is 9.90 Å².